The average Bonchev–Trinajstić information content (AvgIpc) is 3.43. The molecular formula is C18H19ClN4O3S. The van der Waals surface area contributed by atoms with Crippen LogP contribution in [0.15, 0.2) is 24.3 Å². The van der Waals surface area contributed by atoms with Crippen molar-refractivity contribution in [2.24, 2.45) is 0 Å². The number of alkyl halides is 1. The third kappa shape index (κ3) is 3.77. The molecule has 4 rings (SSSR count). The average molecular weight is 407 g/mol. The van der Waals surface area contributed by atoms with E-state index in [-0.39, 0.29) is 6.03 Å². The van der Waals surface area contributed by atoms with Crippen molar-refractivity contribution < 1.29 is 14.3 Å². The number of hydrogen-bond acceptors (Lipinski definition) is 6. The van der Waals surface area contributed by atoms with Crippen LogP contribution in [0.3, 0.4) is 0 Å². The smallest absolute Gasteiger partial charge is 0.340 e. The molecule has 0 radical (unpaired) electrons. The van der Waals surface area contributed by atoms with E-state index in [0.717, 1.165) is 23.4 Å². The SMILES string of the molecule is CN1CCC(OC(=O)c2cccc(CCl)c2)N(c2nnc(C3CC3)s2)C1=O. The number of amides is 2. The summed E-state index contributed by atoms with van der Waals surface area (Å²) in [4.78, 5) is 28.4. The first-order valence-corrected chi connectivity index (χ1v) is 10.2. The second-order valence-corrected chi connectivity index (χ2v) is 8.01. The first kappa shape index (κ1) is 18.2. The minimum absolute atomic E-state index is 0.243. The molecule has 0 spiro atoms. The highest BCUT2D eigenvalue weighted by Gasteiger charge is 2.38. The molecule has 2 heterocycles. The third-order valence-corrected chi connectivity index (χ3v) is 6.05. The van der Waals surface area contributed by atoms with Gasteiger partial charge in [-0.05, 0) is 30.5 Å². The van der Waals surface area contributed by atoms with Crippen LogP contribution in [-0.2, 0) is 10.6 Å². The summed E-state index contributed by atoms with van der Waals surface area (Å²) in [5.41, 5.74) is 1.25. The van der Waals surface area contributed by atoms with E-state index in [1.54, 1.807) is 30.1 Å². The summed E-state index contributed by atoms with van der Waals surface area (Å²) in [7, 11) is 1.72. The Morgan fingerprint density at radius 3 is 2.89 bits per heavy atom. The van der Waals surface area contributed by atoms with Gasteiger partial charge in [-0.1, -0.05) is 23.5 Å². The quantitative estimate of drug-likeness (QED) is 0.560. The van der Waals surface area contributed by atoms with Crippen LogP contribution in [0.4, 0.5) is 9.93 Å². The number of halogens is 1. The second kappa shape index (κ2) is 7.44. The number of carbonyl (C=O) groups excluding carboxylic acids is 2. The first-order valence-electron chi connectivity index (χ1n) is 8.80. The second-order valence-electron chi connectivity index (χ2n) is 6.75. The van der Waals surface area contributed by atoms with Crippen molar-refractivity contribution in [3.05, 3.63) is 40.4 Å². The molecule has 1 unspecified atom stereocenters. The number of carbonyl (C=O) groups is 2. The molecular weight excluding hydrogens is 388 g/mol. The lowest BCUT2D eigenvalue weighted by Crippen LogP contribution is -2.54. The molecule has 0 N–H and O–H groups in total. The van der Waals surface area contributed by atoms with Crippen molar-refractivity contribution in [2.45, 2.75) is 37.3 Å². The van der Waals surface area contributed by atoms with E-state index in [1.807, 2.05) is 6.07 Å². The van der Waals surface area contributed by atoms with E-state index in [0.29, 0.717) is 35.5 Å². The van der Waals surface area contributed by atoms with Crippen molar-refractivity contribution in [1.29, 1.82) is 0 Å². The monoisotopic (exact) mass is 406 g/mol. The van der Waals surface area contributed by atoms with Gasteiger partial charge in [-0.25, -0.2) is 14.5 Å². The fourth-order valence-corrected chi connectivity index (χ4v) is 4.16. The van der Waals surface area contributed by atoms with Crippen molar-refractivity contribution in [1.82, 2.24) is 15.1 Å². The molecule has 2 aliphatic rings. The van der Waals surface area contributed by atoms with Gasteiger partial charge in [0.1, 0.15) is 5.01 Å². The molecule has 1 aliphatic heterocycles. The molecule has 2 amide bonds. The summed E-state index contributed by atoms with van der Waals surface area (Å²) >= 11 is 7.24. The Morgan fingerprint density at radius 1 is 1.33 bits per heavy atom. The van der Waals surface area contributed by atoms with Gasteiger partial charge in [0.05, 0.1) is 5.56 Å². The predicted octanol–water partition coefficient (Wildman–Crippen LogP) is 3.60. The van der Waals surface area contributed by atoms with Crippen molar-refractivity contribution >= 4 is 40.1 Å². The molecule has 142 valence electrons. The van der Waals surface area contributed by atoms with Crippen LogP contribution >= 0.6 is 22.9 Å². The van der Waals surface area contributed by atoms with E-state index in [1.165, 1.54) is 16.2 Å². The molecule has 1 atom stereocenters. The van der Waals surface area contributed by atoms with Crippen molar-refractivity contribution in [3.63, 3.8) is 0 Å². The van der Waals surface area contributed by atoms with Crippen LogP contribution in [0.2, 0.25) is 0 Å². The van der Waals surface area contributed by atoms with Gasteiger partial charge in [0, 0.05) is 31.8 Å². The summed E-state index contributed by atoms with van der Waals surface area (Å²) in [6.45, 7) is 0.503. The molecule has 1 aliphatic carbocycles. The summed E-state index contributed by atoms with van der Waals surface area (Å²) in [5, 5.41) is 9.80. The lowest BCUT2D eigenvalue weighted by atomic mass is 10.1. The third-order valence-electron chi connectivity index (χ3n) is 4.65. The number of esters is 1. The zero-order valence-corrected chi connectivity index (χ0v) is 16.4. The molecule has 2 fully saturated rings. The van der Waals surface area contributed by atoms with Crippen molar-refractivity contribution in [3.8, 4) is 0 Å². The fourth-order valence-electron chi connectivity index (χ4n) is 2.94. The molecule has 1 saturated carbocycles. The number of urea groups is 1. The number of aromatic nitrogens is 2. The first-order chi connectivity index (χ1) is 13.1. The lowest BCUT2D eigenvalue weighted by molar-refractivity contribution is 0.0229. The zero-order valence-electron chi connectivity index (χ0n) is 14.8. The van der Waals surface area contributed by atoms with Gasteiger partial charge in [-0.15, -0.1) is 21.8 Å². The van der Waals surface area contributed by atoms with Crippen LogP contribution in [-0.4, -0.2) is 46.9 Å². The number of benzene rings is 1. The van der Waals surface area contributed by atoms with Gasteiger partial charge in [0.15, 0.2) is 6.23 Å². The van der Waals surface area contributed by atoms with E-state index in [9.17, 15) is 9.59 Å². The predicted molar refractivity (Wildman–Crippen MR) is 102 cm³/mol. The Bertz CT molecular complexity index is 870. The Hall–Kier alpha value is -2.19. The van der Waals surface area contributed by atoms with Crippen molar-refractivity contribution in [2.75, 3.05) is 18.5 Å². The Balaban J connectivity index is 1.56. The van der Waals surface area contributed by atoms with E-state index in [2.05, 4.69) is 10.2 Å². The summed E-state index contributed by atoms with van der Waals surface area (Å²) in [6.07, 6.45) is 2.01. The topological polar surface area (TPSA) is 75.6 Å². The highest BCUT2D eigenvalue weighted by atomic mass is 35.5. The highest BCUT2D eigenvalue weighted by Crippen LogP contribution is 2.43. The molecule has 27 heavy (non-hydrogen) atoms. The van der Waals surface area contributed by atoms with Crippen LogP contribution in [0.1, 0.15) is 46.1 Å². The van der Waals surface area contributed by atoms with Crippen LogP contribution in [0.25, 0.3) is 0 Å². The van der Waals surface area contributed by atoms with E-state index in [4.69, 9.17) is 16.3 Å². The Kier molecular flexibility index (Phi) is 5.01. The zero-order chi connectivity index (χ0) is 19.0. The van der Waals surface area contributed by atoms with Gasteiger partial charge in [-0.2, -0.15) is 0 Å². The molecule has 7 nitrogen and oxygen atoms in total. The Morgan fingerprint density at radius 2 is 2.15 bits per heavy atom. The summed E-state index contributed by atoms with van der Waals surface area (Å²) in [5.74, 6) is 0.281. The molecule has 1 saturated heterocycles. The maximum Gasteiger partial charge on any atom is 0.340 e. The summed E-state index contributed by atoms with van der Waals surface area (Å²) < 4.78 is 5.68. The van der Waals surface area contributed by atoms with Gasteiger partial charge < -0.3 is 9.64 Å². The van der Waals surface area contributed by atoms with Gasteiger partial charge in [0.25, 0.3) is 0 Å². The van der Waals surface area contributed by atoms with E-state index >= 15 is 0 Å². The van der Waals surface area contributed by atoms with Gasteiger partial charge in [-0.3, -0.25) is 0 Å². The number of rotatable bonds is 5. The number of nitrogens with zero attached hydrogens (tertiary/aromatic N) is 4. The largest absolute Gasteiger partial charge is 0.437 e. The van der Waals surface area contributed by atoms with E-state index < -0.39 is 12.2 Å². The maximum atomic E-state index is 12.7. The van der Waals surface area contributed by atoms with Crippen LogP contribution in [0, 0.1) is 0 Å². The highest BCUT2D eigenvalue weighted by molar-refractivity contribution is 7.15. The minimum Gasteiger partial charge on any atom is -0.437 e. The number of anilines is 1. The molecule has 9 heteroatoms. The molecule has 1 aromatic heterocycles. The Labute approximate surface area is 165 Å². The normalized spacial score (nSPS) is 20.1. The lowest BCUT2D eigenvalue weighted by Gasteiger charge is -2.37. The summed E-state index contributed by atoms with van der Waals surface area (Å²) in [6, 6.07) is 6.74. The van der Waals surface area contributed by atoms with Crippen LogP contribution < -0.4 is 4.90 Å². The van der Waals surface area contributed by atoms with Gasteiger partial charge >= 0.3 is 12.0 Å². The minimum atomic E-state index is -0.708. The van der Waals surface area contributed by atoms with Crippen LogP contribution in [0.5, 0.6) is 0 Å². The number of hydrogen-bond donors (Lipinski definition) is 0. The number of ether oxygens (including phenoxy) is 1. The molecule has 0 bridgehead atoms. The fraction of sp³-hybridized carbons (Fsp3) is 0.444. The molecule has 1 aromatic carbocycles. The molecule has 2 aromatic rings. The maximum absolute atomic E-state index is 12.7. The van der Waals surface area contributed by atoms with Gasteiger partial charge in [0.2, 0.25) is 5.13 Å². The standard InChI is InChI=1S/C18H19ClN4O3S/c1-22-8-7-14(26-16(24)13-4-2-3-11(9-13)10-19)23(18(22)25)17-21-20-15(27-17)12-5-6-12/h2-4,9,12,14H,5-8,10H2,1H3.